The molecule has 1 aromatic carbocycles. The Morgan fingerprint density at radius 3 is 2.15 bits per heavy atom. The molecule has 1 rings (SSSR count). The van der Waals surface area contributed by atoms with E-state index in [-0.39, 0.29) is 24.8 Å². The fourth-order valence-electron chi connectivity index (χ4n) is 1.79. The van der Waals surface area contributed by atoms with E-state index in [9.17, 15) is 13.2 Å². The highest BCUT2D eigenvalue weighted by molar-refractivity contribution is 6.32. The summed E-state index contributed by atoms with van der Waals surface area (Å²) in [7, 11) is 0. The molecule has 0 aromatic heterocycles. The Balaban J connectivity index is 2.75. The number of ether oxygens (including phenoxy) is 1. The Labute approximate surface area is 131 Å². The van der Waals surface area contributed by atoms with Crippen LogP contribution in [0.4, 0.5) is 13.2 Å². The summed E-state index contributed by atoms with van der Waals surface area (Å²) in [5.74, 6) is 0.297. The number of rotatable bonds is 7. The van der Waals surface area contributed by atoms with Gasteiger partial charge in [-0.25, -0.2) is 0 Å². The van der Waals surface area contributed by atoms with Gasteiger partial charge < -0.3 is 4.74 Å². The number of benzene rings is 1. The number of alkyl halides is 5. The first kappa shape index (κ1) is 17.9. The second-order valence-electron chi connectivity index (χ2n) is 4.45. The van der Waals surface area contributed by atoms with E-state index in [1.165, 1.54) is 0 Å². The molecule has 0 unspecified atom stereocenters. The Morgan fingerprint density at radius 1 is 1.05 bits per heavy atom. The largest absolute Gasteiger partial charge is 0.411 e. The normalized spacial score (nSPS) is 12.7. The molecule has 7 heteroatoms. The van der Waals surface area contributed by atoms with Gasteiger partial charge >= 0.3 is 6.18 Å². The molecule has 114 valence electrons. The quantitative estimate of drug-likeness (QED) is 0.496. The molecule has 0 saturated heterocycles. The predicted octanol–water partition coefficient (Wildman–Crippen LogP) is 5.02. The van der Waals surface area contributed by atoms with Gasteiger partial charge in [0.1, 0.15) is 6.61 Å². The highest BCUT2D eigenvalue weighted by atomic mass is 35.5. The highest BCUT2D eigenvalue weighted by Crippen LogP contribution is 2.35. The molecule has 0 aliphatic heterocycles. The second kappa shape index (κ2) is 7.74. The third-order valence-electron chi connectivity index (χ3n) is 2.95. The minimum Gasteiger partial charge on any atom is -0.372 e. The van der Waals surface area contributed by atoms with Crippen LogP contribution in [0.3, 0.4) is 0 Å². The minimum absolute atomic E-state index is 0.0931. The molecule has 1 aromatic rings. The predicted molar refractivity (Wildman–Crippen MR) is 76.1 cm³/mol. The number of halogens is 6. The topological polar surface area (TPSA) is 9.23 Å². The fourth-order valence-corrected chi connectivity index (χ4v) is 2.97. The second-order valence-corrected chi connectivity index (χ2v) is 5.39. The maximum atomic E-state index is 12.0. The van der Waals surface area contributed by atoms with Crippen molar-refractivity contribution in [2.45, 2.75) is 18.0 Å². The van der Waals surface area contributed by atoms with Gasteiger partial charge in [-0.1, -0.05) is 29.8 Å². The van der Waals surface area contributed by atoms with Crippen molar-refractivity contribution in [3.63, 3.8) is 0 Å². The Kier molecular flexibility index (Phi) is 6.92. The van der Waals surface area contributed by atoms with Gasteiger partial charge in [0.25, 0.3) is 0 Å². The molecular formula is C13H14Cl3F3O. The molecule has 0 spiro atoms. The molecule has 0 heterocycles. The molecule has 0 bridgehead atoms. The van der Waals surface area contributed by atoms with Crippen LogP contribution in [-0.4, -0.2) is 31.2 Å². The zero-order chi connectivity index (χ0) is 15.2. The Bertz CT molecular complexity index is 420. The van der Waals surface area contributed by atoms with Crippen LogP contribution in [0.5, 0.6) is 0 Å². The molecule has 0 aliphatic rings. The van der Waals surface area contributed by atoms with Crippen molar-refractivity contribution >= 4 is 34.8 Å². The van der Waals surface area contributed by atoms with Gasteiger partial charge in [-0.3, -0.25) is 0 Å². The zero-order valence-electron chi connectivity index (χ0n) is 10.5. The van der Waals surface area contributed by atoms with Crippen LogP contribution in [0.1, 0.15) is 12.0 Å². The van der Waals surface area contributed by atoms with E-state index < -0.39 is 18.2 Å². The fraction of sp³-hybridized carbons (Fsp3) is 0.538. The molecule has 0 radical (unpaired) electrons. The molecular weight excluding hydrogens is 335 g/mol. The summed E-state index contributed by atoms with van der Waals surface area (Å²) in [6, 6.07) is 7.02. The lowest BCUT2D eigenvalue weighted by atomic mass is 9.81. The molecule has 0 saturated carbocycles. The SMILES string of the molecule is FC(F)(F)COCCC(CCl)(CCl)c1ccccc1Cl. The smallest absolute Gasteiger partial charge is 0.372 e. The van der Waals surface area contributed by atoms with E-state index in [0.717, 1.165) is 5.56 Å². The van der Waals surface area contributed by atoms with Crippen molar-refractivity contribution in [2.24, 2.45) is 0 Å². The molecule has 0 fully saturated rings. The van der Waals surface area contributed by atoms with Crippen LogP contribution >= 0.6 is 34.8 Å². The third kappa shape index (κ3) is 4.99. The van der Waals surface area contributed by atoms with Crippen LogP contribution in [0.15, 0.2) is 24.3 Å². The van der Waals surface area contributed by atoms with Crippen molar-refractivity contribution in [1.82, 2.24) is 0 Å². The van der Waals surface area contributed by atoms with E-state index in [0.29, 0.717) is 5.02 Å². The lowest BCUT2D eigenvalue weighted by Gasteiger charge is -2.31. The van der Waals surface area contributed by atoms with Gasteiger partial charge in [0.05, 0.1) is 0 Å². The maximum Gasteiger partial charge on any atom is 0.411 e. The van der Waals surface area contributed by atoms with Crippen molar-refractivity contribution in [3.05, 3.63) is 34.9 Å². The van der Waals surface area contributed by atoms with Crippen LogP contribution in [0, 0.1) is 0 Å². The molecule has 20 heavy (non-hydrogen) atoms. The molecule has 0 aliphatic carbocycles. The van der Waals surface area contributed by atoms with E-state index in [1.807, 2.05) is 0 Å². The van der Waals surface area contributed by atoms with E-state index in [1.54, 1.807) is 24.3 Å². The van der Waals surface area contributed by atoms with Gasteiger partial charge in [-0.15, -0.1) is 23.2 Å². The summed E-state index contributed by atoms with van der Waals surface area (Å²) in [5, 5.41) is 0.490. The summed E-state index contributed by atoms with van der Waals surface area (Å²) in [5.41, 5.74) is 0.0230. The summed E-state index contributed by atoms with van der Waals surface area (Å²) in [6.45, 7) is -1.37. The van der Waals surface area contributed by atoms with Crippen LogP contribution in [0.25, 0.3) is 0 Å². The first-order chi connectivity index (χ1) is 9.34. The molecule has 0 amide bonds. The molecule has 1 nitrogen and oxygen atoms in total. The van der Waals surface area contributed by atoms with E-state index in [4.69, 9.17) is 34.8 Å². The molecule has 0 N–H and O–H groups in total. The standard InChI is InChI=1S/C13H14Cl3F3O/c14-7-12(8-15,5-6-20-9-13(17,18)19)10-3-1-2-4-11(10)16/h1-4H,5-9H2. The highest BCUT2D eigenvalue weighted by Gasteiger charge is 2.33. The maximum absolute atomic E-state index is 12.0. The average molecular weight is 350 g/mol. The first-order valence-corrected chi connectivity index (χ1v) is 7.31. The van der Waals surface area contributed by atoms with Crippen molar-refractivity contribution < 1.29 is 17.9 Å². The van der Waals surface area contributed by atoms with Crippen molar-refractivity contribution in [1.29, 1.82) is 0 Å². The molecule has 0 atom stereocenters. The lowest BCUT2D eigenvalue weighted by Crippen LogP contribution is -2.33. The van der Waals surface area contributed by atoms with Gasteiger partial charge in [-0.05, 0) is 18.1 Å². The van der Waals surface area contributed by atoms with Gasteiger partial charge in [0, 0.05) is 28.8 Å². The summed E-state index contributed by atoms with van der Waals surface area (Å²) < 4.78 is 40.7. The minimum atomic E-state index is -4.34. The number of hydrogen-bond acceptors (Lipinski definition) is 1. The monoisotopic (exact) mass is 348 g/mol. The average Bonchev–Trinajstić information content (AvgIpc) is 2.40. The number of hydrogen-bond donors (Lipinski definition) is 0. The van der Waals surface area contributed by atoms with Crippen LogP contribution < -0.4 is 0 Å². The van der Waals surface area contributed by atoms with Crippen molar-refractivity contribution in [2.75, 3.05) is 25.0 Å². The lowest BCUT2D eigenvalue weighted by molar-refractivity contribution is -0.174. The van der Waals surface area contributed by atoms with Crippen LogP contribution in [0.2, 0.25) is 5.02 Å². The van der Waals surface area contributed by atoms with E-state index in [2.05, 4.69) is 4.74 Å². The first-order valence-electron chi connectivity index (χ1n) is 5.86. The Hall–Kier alpha value is -0.160. The Morgan fingerprint density at radius 2 is 1.65 bits per heavy atom. The summed E-state index contributed by atoms with van der Waals surface area (Å²) in [6.07, 6.45) is -4.07. The van der Waals surface area contributed by atoms with Crippen LogP contribution in [-0.2, 0) is 10.2 Å². The van der Waals surface area contributed by atoms with Gasteiger partial charge in [0.15, 0.2) is 0 Å². The van der Waals surface area contributed by atoms with Crippen molar-refractivity contribution in [3.8, 4) is 0 Å². The summed E-state index contributed by atoms with van der Waals surface area (Å²) >= 11 is 18.1. The van der Waals surface area contributed by atoms with Gasteiger partial charge in [0.2, 0.25) is 0 Å². The van der Waals surface area contributed by atoms with E-state index >= 15 is 0 Å². The third-order valence-corrected chi connectivity index (χ3v) is 4.30. The summed E-state index contributed by atoms with van der Waals surface area (Å²) in [4.78, 5) is 0. The zero-order valence-corrected chi connectivity index (χ0v) is 12.8. The van der Waals surface area contributed by atoms with Gasteiger partial charge in [-0.2, -0.15) is 13.2 Å².